The van der Waals surface area contributed by atoms with E-state index in [2.05, 4.69) is 60.2 Å². The largest absolute Gasteiger partial charge is 0.480 e. The summed E-state index contributed by atoms with van der Waals surface area (Å²) in [4.78, 5) is 16.0. The summed E-state index contributed by atoms with van der Waals surface area (Å²) in [5.41, 5.74) is 14.7. The van der Waals surface area contributed by atoms with Gasteiger partial charge in [0.15, 0.2) is 11.7 Å². The Morgan fingerprint density at radius 2 is 1.61 bits per heavy atom. The molecule has 3 aromatic carbocycles. The van der Waals surface area contributed by atoms with Gasteiger partial charge in [0.1, 0.15) is 6.04 Å². The molecular weight excluding hydrogens is 514 g/mol. The smallest absolute Gasteiger partial charge is 0.394 e. The van der Waals surface area contributed by atoms with Crippen molar-refractivity contribution in [1.82, 2.24) is 10.8 Å². The number of carboxylic acid groups (broad SMARTS) is 1. The van der Waals surface area contributed by atoms with Crippen LogP contribution in [0.4, 0.5) is 0 Å². The summed E-state index contributed by atoms with van der Waals surface area (Å²) in [5, 5.41) is 20.0. The standard InChI is InChI=1S/C19H19NO.C6H14N4O2.H2O4S/c1-15(14-16-8-3-2-4-9-16)20-21-19-13-7-11-17-10-5-6-12-18(17)19;7-4(5(11)12)2-1-3-10-6(8)9;1-5(2,3)4/h2-13,15,20H,14H2,1H3;4H,1-3,7H2,(H,11,12)(H4,8,9,10);(H2,1,2,3,4). The quantitative estimate of drug-likeness (QED) is 0.0602. The van der Waals surface area contributed by atoms with Gasteiger partial charge in [-0.25, -0.2) is 0 Å². The van der Waals surface area contributed by atoms with Gasteiger partial charge < -0.3 is 26.7 Å². The topological polar surface area (TPSA) is 221 Å². The SMILES string of the molecule is CC(Cc1ccccc1)NOc1cccc2ccccc12.N=C(N)NCCCC(N)C(=O)O.O=S(=O)(O)O. The van der Waals surface area contributed by atoms with E-state index < -0.39 is 22.4 Å². The molecule has 13 heteroatoms. The molecule has 2 unspecified atom stereocenters. The molecule has 0 fully saturated rings. The minimum atomic E-state index is -4.67. The van der Waals surface area contributed by atoms with Gasteiger partial charge in [0.2, 0.25) is 0 Å². The zero-order chi connectivity index (χ0) is 28.6. The van der Waals surface area contributed by atoms with E-state index in [0.717, 1.165) is 17.6 Å². The van der Waals surface area contributed by atoms with E-state index in [4.69, 9.17) is 44.3 Å². The van der Waals surface area contributed by atoms with Crippen LogP contribution >= 0.6 is 0 Å². The van der Waals surface area contributed by atoms with Crippen LogP contribution in [0.2, 0.25) is 0 Å². The van der Waals surface area contributed by atoms with Gasteiger partial charge in [0, 0.05) is 18.0 Å². The molecular formula is C25H35N5O7S. The second-order valence-corrected chi connectivity index (χ2v) is 9.06. The highest BCUT2D eigenvalue weighted by Gasteiger charge is 2.09. The van der Waals surface area contributed by atoms with Gasteiger partial charge in [-0.1, -0.05) is 66.7 Å². The predicted molar refractivity (Wildman–Crippen MR) is 146 cm³/mol. The minimum absolute atomic E-state index is 0.112. The summed E-state index contributed by atoms with van der Waals surface area (Å²) < 4.78 is 31.6. The number of fused-ring (bicyclic) bond motifs is 1. The first-order valence-electron chi connectivity index (χ1n) is 11.6. The summed E-state index contributed by atoms with van der Waals surface area (Å²) in [7, 11) is -4.67. The Balaban J connectivity index is 0.000000360. The maximum absolute atomic E-state index is 10.2. The highest BCUT2D eigenvalue weighted by molar-refractivity contribution is 7.79. The van der Waals surface area contributed by atoms with Gasteiger partial charge in [-0.2, -0.15) is 13.9 Å². The maximum Gasteiger partial charge on any atom is 0.394 e. The summed E-state index contributed by atoms with van der Waals surface area (Å²) in [6.07, 6.45) is 1.91. The normalized spacial score (nSPS) is 12.1. The number of carboxylic acids is 1. The van der Waals surface area contributed by atoms with Gasteiger partial charge in [-0.15, -0.1) is 0 Å². The van der Waals surface area contributed by atoms with E-state index >= 15 is 0 Å². The zero-order valence-corrected chi connectivity index (χ0v) is 21.8. The van der Waals surface area contributed by atoms with Crippen molar-refractivity contribution in [3.63, 3.8) is 0 Å². The predicted octanol–water partition coefficient (Wildman–Crippen LogP) is 2.36. The lowest BCUT2D eigenvalue weighted by Crippen LogP contribution is -2.34. The average molecular weight is 550 g/mol. The number of hydrogen-bond donors (Lipinski definition) is 8. The molecule has 0 aromatic heterocycles. The third-order valence-corrected chi connectivity index (χ3v) is 4.83. The van der Waals surface area contributed by atoms with Crippen LogP contribution in [0.15, 0.2) is 72.8 Å². The van der Waals surface area contributed by atoms with Crippen molar-refractivity contribution in [1.29, 1.82) is 5.41 Å². The second kappa shape index (κ2) is 16.9. The van der Waals surface area contributed by atoms with Crippen molar-refractivity contribution in [3.8, 4) is 5.75 Å². The second-order valence-electron chi connectivity index (χ2n) is 8.16. The van der Waals surface area contributed by atoms with Crippen LogP contribution in [0, 0.1) is 5.41 Å². The summed E-state index contributed by atoms with van der Waals surface area (Å²) in [6.45, 7) is 2.61. The number of carbonyl (C=O) groups is 1. The van der Waals surface area contributed by atoms with Gasteiger partial charge in [-0.3, -0.25) is 19.3 Å². The lowest BCUT2D eigenvalue weighted by molar-refractivity contribution is -0.138. The van der Waals surface area contributed by atoms with Crippen molar-refractivity contribution >= 4 is 33.1 Å². The van der Waals surface area contributed by atoms with E-state index in [-0.39, 0.29) is 12.0 Å². The Morgan fingerprint density at radius 1 is 1.03 bits per heavy atom. The fraction of sp³-hybridized carbons (Fsp3) is 0.280. The molecule has 10 N–H and O–H groups in total. The molecule has 208 valence electrons. The number of nitrogens with two attached hydrogens (primary N) is 2. The molecule has 0 saturated heterocycles. The summed E-state index contributed by atoms with van der Waals surface area (Å²) in [5.74, 6) is -0.246. The highest BCUT2D eigenvalue weighted by atomic mass is 32.3. The van der Waals surface area contributed by atoms with Crippen LogP contribution in [0.1, 0.15) is 25.3 Å². The first kappa shape index (κ1) is 32.3. The molecule has 0 spiro atoms. The summed E-state index contributed by atoms with van der Waals surface area (Å²) in [6, 6.07) is 24.2. The van der Waals surface area contributed by atoms with Crippen molar-refractivity contribution < 1.29 is 32.3 Å². The molecule has 0 aliphatic rings. The molecule has 0 radical (unpaired) electrons. The molecule has 3 aromatic rings. The fourth-order valence-corrected chi connectivity index (χ4v) is 3.13. The zero-order valence-electron chi connectivity index (χ0n) is 20.9. The Bertz CT molecular complexity index is 1230. The molecule has 0 bridgehead atoms. The van der Waals surface area contributed by atoms with E-state index in [0.29, 0.717) is 19.4 Å². The molecule has 3 rings (SSSR count). The van der Waals surface area contributed by atoms with Crippen molar-refractivity contribution in [2.45, 2.75) is 38.3 Å². The number of nitrogens with one attached hydrogen (secondary N) is 3. The Morgan fingerprint density at radius 3 is 2.21 bits per heavy atom. The van der Waals surface area contributed by atoms with Gasteiger partial charge in [0.25, 0.3) is 0 Å². The van der Waals surface area contributed by atoms with E-state index in [1.165, 1.54) is 10.9 Å². The van der Waals surface area contributed by atoms with Gasteiger partial charge in [-0.05, 0) is 43.2 Å². The maximum atomic E-state index is 10.2. The molecule has 12 nitrogen and oxygen atoms in total. The number of hydroxylamine groups is 1. The first-order chi connectivity index (χ1) is 17.9. The van der Waals surface area contributed by atoms with E-state index in [1.54, 1.807) is 0 Å². The van der Waals surface area contributed by atoms with Gasteiger partial charge >= 0.3 is 16.4 Å². The molecule has 38 heavy (non-hydrogen) atoms. The van der Waals surface area contributed by atoms with E-state index in [9.17, 15) is 4.79 Å². The number of rotatable bonds is 10. The van der Waals surface area contributed by atoms with Crippen molar-refractivity contribution in [2.24, 2.45) is 11.5 Å². The lowest BCUT2D eigenvalue weighted by Gasteiger charge is -2.15. The monoisotopic (exact) mass is 549 g/mol. The molecule has 2 atom stereocenters. The van der Waals surface area contributed by atoms with Crippen LogP contribution in [0.3, 0.4) is 0 Å². The number of hydrogen-bond acceptors (Lipinski definition) is 7. The molecule has 0 amide bonds. The number of aliphatic carboxylic acids is 1. The molecule has 0 aliphatic carbocycles. The van der Waals surface area contributed by atoms with Crippen molar-refractivity contribution in [3.05, 3.63) is 78.4 Å². The van der Waals surface area contributed by atoms with Crippen LogP contribution < -0.4 is 27.1 Å². The molecule has 0 heterocycles. The highest BCUT2D eigenvalue weighted by Crippen LogP contribution is 2.24. The minimum Gasteiger partial charge on any atom is -0.480 e. The van der Waals surface area contributed by atoms with E-state index in [1.807, 2.05) is 30.3 Å². The number of guanidine groups is 1. The third kappa shape index (κ3) is 15.4. The molecule has 0 saturated carbocycles. The Labute approximate surface area is 222 Å². The van der Waals surface area contributed by atoms with Gasteiger partial charge in [0.05, 0.1) is 0 Å². The van der Waals surface area contributed by atoms with Crippen LogP contribution in [-0.2, 0) is 21.6 Å². The van der Waals surface area contributed by atoms with Crippen LogP contribution in [0.25, 0.3) is 10.8 Å². The Hall–Kier alpha value is -3.75. The van der Waals surface area contributed by atoms with Crippen LogP contribution in [-0.4, -0.2) is 53.2 Å². The first-order valence-corrected chi connectivity index (χ1v) is 13.0. The third-order valence-electron chi connectivity index (χ3n) is 4.83. The fourth-order valence-electron chi connectivity index (χ4n) is 3.13. The average Bonchev–Trinajstić information content (AvgIpc) is 2.85. The Kier molecular flexibility index (Phi) is 14.3. The van der Waals surface area contributed by atoms with Crippen molar-refractivity contribution in [2.75, 3.05) is 6.54 Å². The molecule has 0 aliphatic heterocycles. The number of benzene rings is 3. The van der Waals surface area contributed by atoms with Crippen LogP contribution in [0.5, 0.6) is 5.75 Å². The lowest BCUT2D eigenvalue weighted by atomic mass is 10.1. The summed E-state index contributed by atoms with van der Waals surface area (Å²) >= 11 is 0.